The Hall–Kier alpha value is -0.980. The maximum absolute atomic E-state index is 11.6. The van der Waals surface area contributed by atoms with Gasteiger partial charge >= 0.3 is 5.97 Å². The molecule has 0 amide bonds. The Kier molecular flexibility index (Phi) is 4.85. The van der Waals surface area contributed by atoms with Crippen LogP contribution in [0.25, 0.3) is 0 Å². The van der Waals surface area contributed by atoms with Crippen molar-refractivity contribution < 1.29 is 29.3 Å². The predicted molar refractivity (Wildman–Crippen MR) is 52.6 cm³/mol. The van der Waals surface area contributed by atoms with Gasteiger partial charge in [-0.15, -0.1) is 0 Å². The first-order valence-electron chi connectivity index (χ1n) is 5.26. The molecule has 1 aliphatic heterocycles. The number of Topliss-reactive ketones (excluding diaryl/α,β-unsaturated/α-hetero) is 1. The van der Waals surface area contributed by atoms with E-state index < -0.39 is 36.7 Å². The second kappa shape index (κ2) is 5.93. The van der Waals surface area contributed by atoms with Gasteiger partial charge in [-0.1, -0.05) is 13.3 Å². The van der Waals surface area contributed by atoms with E-state index in [9.17, 15) is 14.7 Å². The molecule has 0 aromatic heterocycles. The molecule has 0 spiro atoms. The summed E-state index contributed by atoms with van der Waals surface area (Å²) in [5.74, 6) is -1.42. The lowest BCUT2D eigenvalue weighted by atomic mass is 10.1. The lowest BCUT2D eigenvalue weighted by Gasteiger charge is -2.12. The van der Waals surface area contributed by atoms with Gasteiger partial charge in [0.1, 0.15) is 6.10 Å². The number of cyclic esters (lactones) is 1. The standard InChI is InChI=1S/C10H16O6/c1-2-3-4-15-9-7(13)8(6(12)5-11)16-10(9)14/h6,8-9,11-12H,2-5H2,1H3/t6-,8+,9?/m0/s1. The van der Waals surface area contributed by atoms with Gasteiger partial charge in [-0.05, 0) is 6.42 Å². The van der Waals surface area contributed by atoms with Gasteiger partial charge in [0.25, 0.3) is 0 Å². The Morgan fingerprint density at radius 1 is 1.50 bits per heavy atom. The van der Waals surface area contributed by atoms with Crippen LogP contribution >= 0.6 is 0 Å². The first-order chi connectivity index (χ1) is 7.61. The first-order valence-corrected chi connectivity index (χ1v) is 5.26. The van der Waals surface area contributed by atoms with E-state index in [0.29, 0.717) is 6.61 Å². The molecule has 6 heteroatoms. The number of hydrogen-bond donors (Lipinski definition) is 2. The molecule has 0 saturated carbocycles. The highest BCUT2D eigenvalue weighted by atomic mass is 16.6. The molecule has 1 unspecified atom stereocenters. The van der Waals surface area contributed by atoms with Gasteiger partial charge in [0, 0.05) is 6.61 Å². The van der Waals surface area contributed by atoms with E-state index in [-0.39, 0.29) is 0 Å². The molecule has 92 valence electrons. The average molecular weight is 232 g/mol. The highest BCUT2D eigenvalue weighted by Gasteiger charge is 2.47. The molecule has 1 saturated heterocycles. The van der Waals surface area contributed by atoms with E-state index in [1.54, 1.807) is 0 Å². The van der Waals surface area contributed by atoms with E-state index in [4.69, 9.17) is 9.84 Å². The summed E-state index contributed by atoms with van der Waals surface area (Å²) < 4.78 is 9.72. The summed E-state index contributed by atoms with van der Waals surface area (Å²) in [6.07, 6.45) is -2.30. The minimum Gasteiger partial charge on any atom is -0.449 e. The fourth-order valence-corrected chi connectivity index (χ4v) is 1.37. The fourth-order valence-electron chi connectivity index (χ4n) is 1.37. The van der Waals surface area contributed by atoms with Crippen LogP contribution in [-0.4, -0.2) is 53.5 Å². The molecule has 2 N–H and O–H groups in total. The summed E-state index contributed by atoms with van der Waals surface area (Å²) >= 11 is 0. The quantitative estimate of drug-likeness (QED) is 0.347. The van der Waals surface area contributed by atoms with Gasteiger partial charge in [0.05, 0.1) is 6.61 Å². The minimum atomic E-state index is -1.38. The molecular weight excluding hydrogens is 216 g/mol. The SMILES string of the molecule is CCCCOC1C(=O)O[C@H]([C@@H](O)CO)C1=O. The van der Waals surface area contributed by atoms with E-state index in [1.807, 2.05) is 6.92 Å². The smallest absolute Gasteiger partial charge is 0.344 e. The molecule has 1 heterocycles. The number of hydrogen-bond acceptors (Lipinski definition) is 6. The van der Waals surface area contributed by atoms with Gasteiger partial charge in [-0.25, -0.2) is 4.79 Å². The van der Waals surface area contributed by atoms with Crippen molar-refractivity contribution in [2.24, 2.45) is 0 Å². The third-order valence-electron chi connectivity index (χ3n) is 2.31. The maximum atomic E-state index is 11.6. The van der Waals surface area contributed by atoms with Crippen molar-refractivity contribution >= 4 is 11.8 Å². The zero-order chi connectivity index (χ0) is 12.1. The molecule has 16 heavy (non-hydrogen) atoms. The maximum Gasteiger partial charge on any atom is 0.344 e. The molecular formula is C10H16O6. The van der Waals surface area contributed by atoms with E-state index in [0.717, 1.165) is 12.8 Å². The summed E-state index contributed by atoms with van der Waals surface area (Å²) in [5, 5.41) is 17.9. The summed E-state index contributed by atoms with van der Waals surface area (Å²) in [6.45, 7) is 1.62. The zero-order valence-electron chi connectivity index (χ0n) is 9.09. The highest BCUT2D eigenvalue weighted by Crippen LogP contribution is 2.17. The van der Waals surface area contributed by atoms with Crippen molar-refractivity contribution in [2.45, 2.75) is 38.1 Å². The second-order valence-corrected chi connectivity index (χ2v) is 3.61. The number of esters is 1. The van der Waals surface area contributed by atoms with Gasteiger partial charge in [-0.2, -0.15) is 0 Å². The van der Waals surface area contributed by atoms with Crippen LogP contribution in [0.1, 0.15) is 19.8 Å². The van der Waals surface area contributed by atoms with Crippen LogP contribution in [0.15, 0.2) is 0 Å². The summed E-state index contributed by atoms with van der Waals surface area (Å²) in [6, 6.07) is 0. The highest BCUT2D eigenvalue weighted by molar-refractivity contribution is 6.09. The van der Waals surface area contributed by atoms with Gasteiger partial charge in [-0.3, -0.25) is 4.79 Å². The molecule has 6 nitrogen and oxygen atoms in total. The summed E-state index contributed by atoms with van der Waals surface area (Å²) in [7, 11) is 0. The first kappa shape index (κ1) is 13.1. The molecule has 1 rings (SSSR count). The topological polar surface area (TPSA) is 93.1 Å². The fraction of sp³-hybridized carbons (Fsp3) is 0.800. The van der Waals surface area contributed by atoms with Crippen LogP contribution in [0.4, 0.5) is 0 Å². The van der Waals surface area contributed by atoms with E-state index in [1.165, 1.54) is 0 Å². The predicted octanol–water partition coefficient (Wildman–Crippen LogP) is -0.981. The zero-order valence-corrected chi connectivity index (χ0v) is 9.09. The van der Waals surface area contributed by atoms with Crippen LogP contribution in [0.2, 0.25) is 0 Å². The molecule has 0 bridgehead atoms. The number of aliphatic hydroxyl groups excluding tert-OH is 2. The Balaban J connectivity index is 2.53. The summed E-state index contributed by atoms with van der Waals surface area (Å²) in [5.41, 5.74) is 0. The number of ether oxygens (including phenoxy) is 2. The molecule has 1 fully saturated rings. The van der Waals surface area contributed by atoms with Crippen molar-refractivity contribution in [1.82, 2.24) is 0 Å². The van der Waals surface area contributed by atoms with Gasteiger partial charge in [0.15, 0.2) is 6.10 Å². The number of rotatable bonds is 6. The van der Waals surface area contributed by atoms with Gasteiger partial charge < -0.3 is 19.7 Å². The number of ketones is 1. The van der Waals surface area contributed by atoms with Crippen molar-refractivity contribution in [3.63, 3.8) is 0 Å². The Bertz CT molecular complexity index is 264. The number of carbonyl (C=O) groups excluding carboxylic acids is 2. The van der Waals surface area contributed by atoms with Crippen LogP contribution < -0.4 is 0 Å². The molecule has 0 aliphatic carbocycles. The van der Waals surface area contributed by atoms with Crippen LogP contribution in [0, 0.1) is 0 Å². The molecule has 0 aromatic carbocycles. The number of carbonyl (C=O) groups is 2. The third-order valence-corrected chi connectivity index (χ3v) is 2.31. The van der Waals surface area contributed by atoms with Crippen LogP contribution in [-0.2, 0) is 19.1 Å². The molecule has 0 aromatic rings. The average Bonchev–Trinajstić information content (AvgIpc) is 2.56. The van der Waals surface area contributed by atoms with Crippen molar-refractivity contribution in [3.05, 3.63) is 0 Å². The lowest BCUT2D eigenvalue weighted by Crippen LogP contribution is -2.37. The Labute approximate surface area is 93.2 Å². The lowest BCUT2D eigenvalue weighted by molar-refractivity contribution is -0.153. The summed E-state index contributed by atoms with van der Waals surface area (Å²) in [4.78, 5) is 22.8. The molecule has 3 atom stereocenters. The number of unbranched alkanes of at least 4 members (excludes halogenated alkanes) is 1. The van der Waals surface area contributed by atoms with Crippen molar-refractivity contribution in [1.29, 1.82) is 0 Å². The monoisotopic (exact) mass is 232 g/mol. The van der Waals surface area contributed by atoms with Crippen LogP contribution in [0.3, 0.4) is 0 Å². The molecule has 0 radical (unpaired) electrons. The van der Waals surface area contributed by atoms with Crippen molar-refractivity contribution in [3.8, 4) is 0 Å². The Morgan fingerprint density at radius 2 is 2.19 bits per heavy atom. The van der Waals surface area contributed by atoms with E-state index in [2.05, 4.69) is 4.74 Å². The third kappa shape index (κ3) is 2.78. The molecule has 1 aliphatic rings. The second-order valence-electron chi connectivity index (χ2n) is 3.61. The largest absolute Gasteiger partial charge is 0.449 e. The minimum absolute atomic E-state index is 0.296. The normalized spacial score (nSPS) is 26.9. The van der Waals surface area contributed by atoms with Crippen LogP contribution in [0.5, 0.6) is 0 Å². The Morgan fingerprint density at radius 3 is 2.75 bits per heavy atom. The number of aliphatic hydroxyl groups is 2. The van der Waals surface area contributed by atoms with Crippen molar-refractivity contribution in [2.75, 3.05) is 13.2 Å². The van der Waals surface area contributed by atoms with Gasteiger partial charge in [0.2, 0.25) is 11.9 Å². The van der Waals surface area contributed by atoms with E-state index >= 15 is 0 Å².